The van der Waals surface area contributed by atoms with E-state index >= 15 is 0 Å². The number of benzene rings is 1. The summed E-state index contributed by atoms with van der Waals surface area (Å²) in [6.45, 7) is 1.36. The number of aliphatic hydroxyl groups excluding tert-OH is 1. The van der Waals surface area contributed by atoms with E-state index in [1.165, 1.54) is 6.21 Å². The van der Waals surface area contributed by atoms with Gasteiger partial charge in [0.25, 0.3) is 0 Å². The fourth-order valence-electron chi connectivity index (χ4n) is 3.25. The summed E-state index contributed by atoms with van der Waals surface area (Å²) in [6.07, 6.45) is 3.90. The molecule has 7 heteroatoms. The average molecular weight is 394 g/mol. The number of halogens is 2. The van der Waals surface area contributed by atoms with Crippen molar-refractivity contribution in [2.24, 2.45) is 4.99 Å². The van der Waals surface area contributed by atoms with Crippen molar-refractivity contribution < 1.29 is 9.90 Å². The molecule has 0 aliphatic heterocycles. The third-order valence-corrected chi connectivity index (χ3v) is 5.38. The van der Waals surface area contributed by atoms with Gasteiger partial charge in [0.15, 0.2) is 5.78 Å². The Balaban J connectivity index is 1.89. The van der Waals surface area contributed by atoms with Crippen LogP contribution < -0.4 is 0 Å². The molecule has 0 saturated carbocycles. The van der Waals surface area contributed by atoms with Gasteiger partial charge >= 0.3 is 0 Å². The van der Waals surface area contributed by atoms with Crippen molar-refractivity contribution in [1.82, 2.24) is 9.88 Å². The lowest BCUT2D eigenvalue weighted by molar-refractivity contribution is -0.116. The summed E-state index contributed by atoms with van der Waals surface area (Å²) in [5, 5.41) is 12.2. The number of aliphatic hydroxyl groups is 1. The number of hydrogen-bond donors (Lipinski definition) is 2. The summed E-state index contributed by atoms with van der Waals surface area (Å²) in [6, 6.07) is 3.68. The number of fused-ring (bicyclic) bond motifs is 1. The van der Waals surface area contributed by atoms with Crippen LogP contribution in [-0.2, 0) is 4.79 Å². The van der Waals surface area contributed by atoms with Crippen molar-refractivity contribution in [3.8, 4) is 0 Å². The Morgan fingerprint density at radius 3 is 2.85 bits per heavy atom. The van der Waals surface area contributed by atoms with Crippen LogP contribution in [0.1, 0.15) is 24.3 Å². The second-order valence-corrected chi connectivity index (χ2v) is 7.54. The van der Waals surface area contributed by atoms with E-state index in [1.807, 2.05) is 31.3 Å². The first-order valence-electron chi connectivity index (χ1n) is 8.43. The second-order valence-electron chi connectivity index (χ2n) is 6.75. The number of Topliss-reactive ketones (excluding diaryl/α,β-unsaturated/α-hetero) is 1. The van der Waals surface area contributed by atoms with Crippen molar-refractivity contribution in [2.75, 3.05) is 27.2 Å². The maximum Gasteiger partial charge on any atom is 0.168 e. The molecule has 1 unspecified atom stereocenters. The van der Waals surface area contributed by atoms with Crippen LogP contribution in [0, 0.1) is 0 Å². The number of carbonyl (C=O) groups is 1. The fourth-order valence-corrected chi connectivity index (χ4v) is 3.77. The summed E-state index contributed by atoms with van der Waals surface area (Å²) >= 11 is 12.7. The molecule has 138 valence electrons. The maximum atomic E-state index is 12.6. The van der Waals surface area contributed by atoms with Crippen molar-refractivity contribution >= 4 is 46.1 Å². The largest absolute Gasteiger partial charge is 0.511 e. The van der Waals surface area contributed by atoms with Gasteiger partial charge in [-0.05, 0) is 31.8 Å². The summed E-state index contributed by atoms with van der Waals surface area (Å²) in [4.78, 5) is 22.0. The molecular weight excluding hydrogens is 373 g/mol. The smallest absolute Gasteiger partial charge is 0.168 e. The highest BCUT2D eigenvalue weighted by Crippen LogP contribution is 2.43. The molecule has 0 radical (unpaired) electrons. The lowest BCUT2D eigenvalue weighted by Gasteiger charge is -2.24. The molecule has 0 spiro atoms. The van der Waals surface area contributed by atoms with E-state index in [-0.39, 0.29) is 23.9 Å². The molecule has 0 amide bonds. The molecule has 1 aromatic heterocycles. The number of hydrogen-bond acceptors (Lipinski definition) is 4. The third kappa shape index (κ3) is 3.80. The number of likely N-dealkylation sites (N-methyl/N-ethyl adjacent to an activating group) is 1. The number of aromatic nitrogens is 1. The summed E-state index contributed by atoms with van der Waals surface area (Å²) < 4.78 is 0. The maximum absolute atomic E-state index is 12.6. The molecule has 1 heterocycles. The molecule has 3 rings (SSSR count). The zero-order valence-corrected chi connectivity index (χ0v) is 16.2. The molecule has 1 aromatic carbocycles. The minimum atomic E-state index is -0.217. The van der Waals surface area contributed by atoms with Gasteiger partial charge in [-0.15, -0.1) is 0 Å². The van der Waals surface area contributed by atoms with E-state index in [0.717, 1.165) is 23.0 Å². The number of allylic oxidation sites excluding steroid dienone is 2. The minimum absolute atomic E-state index is 0.0552. The first-order chi connectivity index (χ1) is 12.4. The van der Waals surface area contributed by atoms with E-state index in [1.54, 1.807) is 6.07 Å². The quantitative estimate of drug-likeness (QED) is 0.741. The Kier molecular flexibility index (Phi) is 5.70. The molecule has 1 atom stereocenters. The molecular formula is C19H21Cl2N3O2. The van der Waals surface area contributed by atoms with Crippen molar-refractivity contribution in [3.63, 3.8) is 0 Å². The van der Waals surface area contributed by atoms with Gasteiger partial charge in [-0.2, -0.15) is 0 Å². The lowest BCUT2D eigenvalue weighted by Crippen LogP contribution is -2.20. The third-order valence-electron chi connectivity index (χ3n) is 4.57. The van der Waals surface area contributed by atoms with Gasteiger partial charge in [0.05, 0.1) is 22.2 Å². The first kappa shape index (κ1) is 19.0. The van der Waals surface area contributed by atoms with Gasteiger partial charge in [-0.25, -0.2) is 0 Å². The van der Waals surface area contributed by atoms with Crippen LogP contribution in [0.2, 0.25) is 10.0 Å². The number of H-pyrrole nitrogens is 1. The Labute approximate surface area is 162 Å². The van der Waals surface area contributed by atoms with Gasteiger partial charge in [-0.1, -0.05) is 23.2 Å². The molecule has 0 saturated heterocycles. The van der Waals surface area contributed by atoms with Crippen molar-refractivity contribution in [1.29, 1.82) is 0 Å². The number of nitrogens with zero attached hydrogens (tertiary/aromatic N) is 2. The van der Waals surface area contributed by atoms with Crippen LogP contribution >= 0.6 is 23.2 Å². The SMILES string of the molecule is CN(C)CCN=CC1=C(O)CC(c2c(Cl)c(Cl)cc3[nH]ccc23)CC1=O. The minimum Gasteiger partial charge on any atom is -0.511 e. The van der Waals surface area contributed by atoms with Crippen molar-refractivity contribution in [3.05, 3.63) is 45.3 Å². The van der Waals surface area contributed by atoms with E-state index in [2.05, 4.69) is 9.98 Å². The van der Waals surface area contributed by atoms with E-state index in [4.69, 9.17) is 23.2 Å². The van der Waals surface area contributed by atoms with E-state index in [9.17, 15) is 9.90 Å². The van der Waals surface area contributed by atoms with Gasteiger partial charge in [0.2, 0.25) is 0 Å². The molecule has 1 aliphatic carbocycles. The topological polar surface area (TPSA) is 68.7 Å². The summed E-state index contributed by atoms with van der Waals surface area (Å²) in [5.74, 6) is -0.294. The second kappa shape index (κ2) is 7.82. The van der Waals surface area contributed by atoms with E-state index < -0.39 is 0 Å². The van der Waals surface area contributed by atoms with Crippen LogP contribution in [-0.4, -0.2) is 54.2 Å². The van der Waals surface area contributed by atoms with Gasteiger partial charge < -0.3 is 15.0 Å². The van der Waals surface area contributed by atoms with Gasteiger partial charge in [0.1, 0.15) is 5.76 Å². The molecule has 26 heavy (non-hydrogen) atoms. The van der Waals surface area contributed by atoms with E-state index in [0.29, 0.717) is 28.6 Å². The highest BCUT2D eigenvalue weighted by molar-refractivity contribution is 6.43. The van der Waals surface area contributed by atoms with Crippen molar-refractivity contribution in [2.45, 2.75) is 18.8 Å². The summed E-state index contributed by atoms with van der Waals surface area (Å²) in [5.41, 5.74) is 1.96. The number of aliphatic imine (C=N–C) groups is 1. The molecule has 2 N–H and O–H groups in total. The van der Waals surface area contributed by atoms with Crippen LogP contribution in [0.4, 0.5) is 0 Å². The Morgan fingerprint density at radius 1 is 1.38 bits per heavy atom. The number of ketones is 1. The number of carbonyl (C=O) groups excluding carboxylic acids is 1. The number of aromatic amines is 1. The predicted octanol–water partition coefficient (Wildman–Crippen LogP) is 4.37. The zero-order valence-electron chi connectivity index (χ0n) is 14.7. The van der Waals surface area contributed by atoms with Crippen LogP contribution in [0.3, 0.4) is 0 Å². The number of nitrogens with one attached hydrogen (secondary N) is 1. The lowest BCUT2D eigenvalue weighted by atomic mass is 9.81. The molecule has 0 bridgehead atoms. The Bertz CT molecular complexity index is 900. The highest BCUT2D eigenvalue weighted by atomic mass is 35.5. The Morgan fingerprint density at radius 2 is 2.15 bits per heavy atom. The zero-order chi connectivity index (χ0) is 18.8. The van der Waals surface area contributed by atoms with Gasteiger partial charge in [-0.3, -0.25) is 9.79 Å². The predicted molar refractivity (Wildman–Crippen MR) is 107 cm³/mol. The highest BCUT2D eigenvalue weighted by Gasteiger charge is 2.31. The monoisotopic (exact) mass is 393 g/mol. The Hall–Kier alpha value is -1.82. The standard InChI is InChI=1S/C19H21Cl2N3O2/c1-24(2)6-5-22-10-13-16(25)7-11(8-17(13)26)18-12-3-4-23-15(12)9-14(20)19(18)21/h3-4,9-11,23,25H,5-8H2,1-2H3. The van der Waals surface area contributed by atoms with Crippen LogP contribution in [0.25, 0.3) is 10.9 Å². The van der Waals surface area contributed by atoms with Crippen LogP contribution in [0.5, 0.6) is 0 Å². The number of rotatable bonds is 5. The first-order valence-corrected chi connectivity index (χ1v) is 9.19. The molecule has 0 fully saturated rings. The summed E-state index contributed by atoms with van der Waals surface area (Å²) in [7, 11) is 3.91. The average Bonchev–Trinajstić information content (AvgIpc) is 3.01. The molecule has 5 nitrogen and oxygen atoms in total. The van der Waals surface area contributed by atoms with Gasteiger partial charge in [0, 0.05) is 48.6 Å². The normalized spacial score (nSPS) is 18.7. The fraction of sp³-hybridized carbons (Fsp3) is 0.368. The molecule has 1 aliphatic rings. The molecule has 2 aromatic rings. The van der Waals surface area contributed by atoms with Crippen LogP contribution in [0.15, 0.2) is 34.7 Å².